The number of para-hydroxylation sites is 1. The molecule has 0 unspecified atom stereocenters. The molecule has 0 radical (unpaired) electrons. The molecule has 0 heterocycles. The van der Waals surface area contributed by atoms with Crippen LogP contribution in [0.15, 0.2) is 42.5 Å². The molecule has 0 aliphatic carbocycles. The van der Waals surface area contributed by atoms with E-state index in [-0.39, 0.29) is 16.9 Å². The van der Waals surface area contributed by atoms with Gasteiger partial charge in [0.25, 0.3) is 0 Å². The van der Waals surface area contributed by atoms with Gasteiger partial charge in [-0.05, 0) is 30.3 Å². The molecule has 0 saturated carbocycles. The molecular weight excluding hydrogens is 304 g/mol. The van der Waals surface area contributed by atoms with Crippen LogP contribution < -0.4 is 9.47 Å². The lowest BCUT2D eigenvalue weighted by Crippen LogP contribution is -2.19. The van der Waals surface area contributed by atoms with Crippen LogP contribution >= 0.6 is 0 Å². The van der Waals surface area contributed by atoms with E-state index in [9.17, 15) is 22.4 Å². The van der Waals surface area contributed by atoms with Gasteiger partial charge in [-0.1, -0.05) is 12.1 Å². The zero-order chi connectivity index (χ0) is 16.3. The Balaban J connectivity index is 2.42. The van der Waals surface area contributed by atoms with Crippen LogP contribution in [-0.2, 0) is 0 Å². The van der Waals surface area contributed by atoms with E-state index < -0.39 is 23.7 Å². The van der Waals surface area contributed by atoms with Gasteiger partial charge in [0.15, 0.2) is 17.3 Å². The number of ether oxygens (including phenoxy) is 2. The second kappa shape index (κ2) is 6.05. The fourth-order valence-corrected chi connectivity index (χ4v) is 1.82. The van der Waals surface area contributed by atoms with Crippen molar-refractivity contribution in [3.63, 3.8) is 0 Å². The molecule has 0 bridgehead atoms. The standard InChI is InChI=1S/C15H10F4O3/c1-21-13-8-9(6-7-11(13)16)14(20)10-4-2-3-5-12(10)22-15(17,18)19/h2-8H,1H3. The quantitative estimate of drug-likeness (QED) is 0.633. The molecule has 116 valence electrons. The van der Waals surface area contributed by atoms with Gasteiger partial charge in [0.05, 0.1) is 12.7 Å². The molecule has 3 nitrogen and oxygen atoms in total. The lowest BCUT2D eigenvalue weighted by atomic mass is 10.0. The van der Waals surface area contributed by atoms with Gasteiger partial charge in [0.1, 0.15) is 5.75 Å². The number of carbonyl (C=O) groups excluding carboxylic acids is 1. The van der Waals surface area contributed by atoms with Gasteiger partial charge in [-0.3, -0.25) is 4.79 Å². The highest BCUT2D eigenvalue weighted by Gasteiger charge is 2.33. The summed E-state index contributed by atoms with van der Waals surface area (Å²) in [7, 11) is 1.22. The molecule has 0 atom stereocenters. The summed E-state index contributed by atoms with van der Waals surface area (Å²) in [4.78, 5) is 12.3. The third-order valence-electron chi connectivity index (χ3n) is 2.77. The van der Waals surface area contributed by atoms with Crippen molar-refractivity contribution in [3.05, 3.63) is 59.4 Å². The minimum Gasteiger partial charge on any atom is -0.494 e. The number of methoxy groups -OCH3 is 1. The first-order valence-electron chi connectivity index (χ1n) is 6.05. The minimum atomic E-state index is -4.92. The van der Waals surface area contributed by atoms with Gasteiger partial charge in [-0.2, -0.15) is 0 Å². The van der Waals surface area contributed by atoms with Crippen LogP contribution in [0.25, 0.3) is 0 Å². The second-order valence-electron chi connectivity index (χ2n) is 4.22. The smallest absolute Gasteiger partial charge is 0.494 e. The van der Waals surface area contributed by atoms with Gasteiger partial charge >= 0.3 is 6.36 Å². The Morgan fingerprint density at radius 3 is 2.36 bits per heavy atom. The van der Waals surface area contributed by atoms with Crippen LogP contribution in [0.1, 0.15) is 15.9 Å². The summed E-state index contributed by atoms with van der Waals surface area (Å²) < 4.78 is 59.0. The van der Waals surface area contributed by atoms with Crippen molar-refractivity contribution in [2.45, 2.75) is 6.36 Å². The van der Waals surface area contributed by atoms with E-state index in [0.29, 0.717) is 0 Å². The molecule has 2 rings (SSSR count). The van der Waals surface area contributed by atoms with Crippen LogP contribution in [0.5, 0.6) is 11.5 Å². The van der Waals surface area contributed by atoms with Gasteiger partial charge < -0.3 is 9.47 Å². The molecule has 0 saturated heterocycles. The topological polar surface area (TPSA) is 35.5 Å². The van der Waals surface area contributed by atoms with Gasteiger partial charge in [-0.25, -0.2) is 4.39 Å². The highest BCUT2D eigenvalue weighted by Crippen LogP contribution is 2.29. The maximum absolute atomic E-state index is 13.3. The maximum Gasteiger partial charge on any atom is 0.573 e. The molecule has 0 fully saturated rings. The zero-order valence-electron chi connectivity index (χ0n) is 11.3. The first-order valence-corrected chi connectivity index (χ1v) is 6.05. The summed E-state index contributed by atoms with van der Waals surface area (Å²) in [6.45, 7) is 0. The minimum absolute atomic E-state index is 0.0172. The molecule has 0 aliphatic rings. The number of carbonyl (C=O) groups is 1. The van der Waals surface area contributed by atoms with E-state index >= 15 is 0 Å². The molecule has 2 aromatic carbocycles. The predicted octanol–water partition coefficient (Wildman–Crippen LogP) is 3.96. The van der Waals surface area contributed by atoms with Crippen molar-refractivity contribution in [1.82, 2.24) is 0 Å². The van der Waals surface area contributed by atoms with Gasteiger partial charge in [0, 0.05) is 5.56 Å². The average molecular weight is 314 g/mol. The van der Waals surface area contributed by atoms with Crippen LogP contribution in [-0.4, -0.2) is 19.3 Å². The molecule has 0 spiro atoms. The van der Waals surface area contributed by atoms with Gasteiger partial charge in [0.2, 0.25) is 0 Å². The maximum atomic E-state index is 13.3. The number of rotatable bonds is 4. The van der Waals surface area contributed by atoms with Crippen LogP contribution in [0.4, 0.5) is 17.6 Å². The Bertz CT molecular complexity index is 695. The Hall–Kier alpha value is -2.57. The van der Waals surface area contributed by atoms with Crippen molar-refractivity contribution >= 4 is 5.78 Å². The average Bonchev–Trinajstić information content (AvgIpc) is 2.46. The number of ketones is 1. The monoisotopic (exact) mass is 314 g/mol. The lowest BCUT2D eigenvalue weighted by Gasteiger charge is -2.12. The van der Waals surface area contributed by atoms with Crippen molar-refractivity contribution in [1.29, 1.82) is 0 Å². The molecule has 0 N–H and O–H groups in total. The Morgan fingerprint density at radius 1 is 1.05 bits per heavy atom. The van der Waals surface area contributed by atoms with Crippen LogP contribution in [0.2, 0.25) is 0 Å². The van der Waals surface area contributed by atoms with Crippen molar-refractivity contribution in [2.75, 3.05) is 7.11 Å². The third-order valence-corrected chi connectivity index (χ3v) is 2.77. The molecule has 0 aromatic heterocycles. The molecular formula is C15H10F4O3. The number of hydrogen-bond acceptors (Lipinski definition) is 3. The Kier molecular flexibility index (Phi) is 4.35. The molecule has 22 heavy (non-hydrogen) atoms. The van der Waals surface area contributed by atoms with Crippen molar-refractivity contribution in [2.24, 2.45) is 0 Å². The highest BCUT2D eigenvalue weighted by atomic mass is 19.4. The van der Waals surface area contributed by atoms with E-state index in [1.807, 2.05) is 0 Å². The molecule has 0 aliphatic heterocycles. The summed E-state index contributed by atoms with van der Waals surface area (Å²) in [5.74, 6) is -2.22. The van der Waals surface area contributed by atoms with Gasteiger partial charge in [-0.15, -0.1) is 13.2 Å². The summed E-state index contributed by atoms with van der Waals surface area (Å²) >= 11 is 0. The summed E-state index contributed by atoms with van der Waals surface area (Å²) in [5.41, 5.74) is -0.301. The summed E-state index contributed by atoms with van der Waals surface area (Å²) in [5, 5.41) is 0. The van der Waals surface area contributed by atoms with E-state index in [1.165, 1.54) is 25.3 Å². The largest absolute Gasteiger partial charge is 0.573 e. The molecule has 7 heteroatoms. The fraction of sp³-hybridized carbons (Fsp3) is 0.133. The second-order valence-corrected chi connectivity index (χ2v) is 4.22. The Labute approximate surface area is 123 Å². The first kappa shape index (κ1) is 15.8. The van der Waals surface area contributed by atoms with Crippen LogP contribution in [0, 0.1) is 5.82 Å². The van der Waals surface area contributed by atoms with Crippen LogP contribution in [0.3, 0.4) is 0 Å². The molecule has 0 amide bonds. The lowest BCUT2D eigenvalue weighted by molar-refractivity contribution is -0.274. The van der Waals surface area contributed by atoms with E-state index in [1.54, 1.807) is 0 Å². The Morgan fingerprint density at radius 2 is 1.73 bits per heavy atom. The summed E-state index contributed by atoms with van der Waals surface area (Å²) in [6.07, 6.45) is -4.92. The van der Waals surface area contributed by atoms with E-state index in [0.717, 1.165) is 24.3 Å². The highest BCUT2D eigenvalue weighted by molar-refractivity contribution is 6.10. The SMILES string of the molecule is COc1cc(C(=O)c2ccccc2OC(F)(F)F)ccc1F. The number of halogens is 4. The third kappa shape index (κ3) is 3.55. The number of benzene rings is 2. The zero-order valence-corrected chi connectivity index (χ0v) is 11.3. The van der Waals surface area contributed by atoms with E-state index in [2.05, 4.69) is 4.74 Å². The fourth-order valence-electron chi connectivity index (χ4n) is 1.82. The first-order chi connectivity index (χ1) is 10.3. The van der Waals surface area contributed by atoms with Crippen molar-refractivity contribution < 1.29 is 31.8 Å². The summed E-state index contributed by atoms with van der Waals surface area (Å²) in [6, 6.07) is 8.20. The molecule has 2 aromatic rings. The predicted molar refractivity (Wildman–Crippen MR) is 69.5 cm³/mol. The van der Waals surface area contributed by atoms with E-state index in [4.69, 9.17) is 4.74 Å². The normalized spacial score (nSPS) is 11.1. The number of hydrogen-bond donors (Lipinski definition) is 0. The number of alkyl halides is 3. The van der Waals surface area contributed by atoms with Crippen molar-refractivity contribution in [3.8, 4) is 11.5 Å².